The van der Waals surface area contributed by atoms with Gasteiger partial charge in [0.1, 0.15) is 6.26 Å². The maximum absolute atomic E-state index is 10.3. The quantitative estimate of drug-likeness (QED) is 0.510. The second-order valence-electron chi connectivity index (χ2n) is 1.51. The first kappa shape index (κ1) is 5.75. The summed E-state index contributed by atoms with van der Waals surface area (Å²) in [6.45, 7) is 0. The van der Waals surface area contributed by atoms with Gasteiger partial charge in [-0.1, -0.05) is 0 Å². The number of hydrogen-bond donors (Lipinski definition) is 0. The van der Waals surface area contributed by atoms with Crippen molar-refractivity contribution in [2.45, 2.75) is 0 Å². The van der Waals surface area contributed by atoms with E-state index in [0.29, 0.717) is 11.8 Å². The second-order valence-corrected chi connectivity index (χ2v) is 1.51. The Kier molecular flexibility index (Phi) is 1.44. The maximum atomic E-state index is 10.3. The van der Waals surface area contributed by atoms with Crippen LogP contribution in [0, 0.1) is 0 Å². The minimum atomic E-state index is -0.444. The van der Waals surface area contributed by atoms with Crippen LogP contribution in [0.1, 0.15) is 10.4 Å². The molecular weight excluding hydrogens is 120 g/mol. The molecule has 0 aliphatic carbocycles. The monoisotopic (exact) mass is 124 g/mol. The fraction of sp³-hybridized carbons (Fsp3) is 0. The van der Waals surface area contributed by atoms with Gasteiger partial charge < -0.3 is 4.42 Å². The Balaban J connectivity index is 3.16. The third-order valence-electron chi connectivity index (χ3n) is 0.859. The molecule has 46 valence electrons. The van der Waals surface area contributed by atoms with Crippen molar-refractivity contribution in [2.24, 2.45) is 0 Å². The molecule has 0 unspecified atom stereocenters. The van der Waals surface area contributed by atoms with Crippen LogP contribution in [0.3, 0.4) is 0 Å². The average molecular weight is 124 g/mol. The fourth-order valence-corrected chi connectivity index (χ4v) is 0.436. The molecule has 0 spiro atoms. The van der Waals surface area contributed by atoms with Crippen LogP contribution in [0.15, 0.2) is 27.6 Å². The normalized spacial score (nSPS) is 8.89. The van der Waals surface area contributed by atoms with Crippen LogP contribution in [0.4, 0.5) is 0 Å². The number of carbonyl (C=O) groups excluding carboxylic acids is 1. The van der Waals surface area contributed by atoms with E-state index in [9.17, 15) is 9.59 Å². The summed E-state index contributed by atoms with van der Waals surface area (Å²) in [5.74, 6) is 0. The van der Waals surface area contributed by atoms with Crippen molar-refractivity contribution in [3.63, 3.8) is 0 Å². The Bertz CT molecular complexity index is 241. The molecule has 0 aliphatic rings. The molecule has 0 N–H and O–H groups in total. The van der Waals surface area contributed by atoms with Crippen LogP contribution < -0.4 is 5.63 Å². The zero-order valence-electron chi connectivity index (χ0n) is 4.53. The average Bonchev–Trinajstić information content (AvgIpc) is 1.90. The Morgan fingerprint density at radius 1 is 1.44 bits per heavy atom. The van der Waals surface area contributed by atoms with Gasteiger partial charge in [-0.05, 0) is 6.07 Å². The molecule has 1 aromatic rings. The number of aldehydes is 1. The molecule has 0 fully saturated rings. The highest BCUT2D eigenvalue weighted by molar-refractivity contribution is 5.73. The van der Waals surface area contributed by atoms with Gasteiger partial charge >= 0.3 is 5.63 Å². The van der Waals surface area contributed by atoms with Gasteiger partial charge in [-0.3, -0.25) is 4.79 Å². The molecular formula is C6H4O3. The van der Waals surface area contributed by atoms with Gasteiger partial charge in [0.05, 0.1) is 0 Å². The molecule has 0 amide bonds. The predicted octanol–water partition coefficient (Wildman–Crippen LogP) is 0.452. The molecule has 0 atom stereocenters. The number of carbonyl (C=O) groups is 1. The molecule has 3 nitrogen and oxygen atoms in total. The summed E-state index contributed by atoms with van der Waals surface area (Å²) >= 11 is 0. The number of hydrogen-bond acceptors (Lipinski definition) is 3. The Morgan fingerprint density at radius 3 is 2.67 bits per heavy atom. The SMILES string of the molecule is O=Cc1ccc(=O)oc1. The van der Waals surface area contributed by atoms with Gasteiger partial charge in [0, 0.05) is 11.6 Å². The van der Waals surface area contributed by atoms with Gasteiger partial charge in [-0.25, -0.2) is 4.79 Å². The van der Waals surface area contributed by atoms with Crippen molar-refractivity contribution >= 4 is 6.29 Å². The molecule has 1 heterocycles. The minimum absolute atomic E-state index is 0.370. The van der Waals surface area contributed by atoms with E-state index in [1.54, 1.807) is 0 Å². The summed E-state index contributed by atoms with van der Waals surface area (Å²) < 4.78 is 4.36. The largest absolute Gasteiger partial charge is 0.431 e. The van der Waals surface area contributed by atoms with E-state index < -0.39 is 5.63 Å². The van der Waals surface area contributed by atoms with Gasteiger partial charge in [-0.2, -0.15) is 0 Å². The zero-order valence-corrected chi connectivity index (χ0v) is 4.53. The van der Waals surface area contributed by atoms with E-state index in [-0.39, 0.29) is 0 Å². The summed E-state index contributed by atoms with van der Waals surface area (Å²) in [6, 6.07) is 2.60. The zero-order chi connectivity index (χ0) is 6.69. The molecule has 0 radical (unpaired) electrons. The third-order valence-corrected chi connectivity index (χ3v) is 0.859. The van der Waals surface area contributed by atoms with E-state index in [0.717, 1.165) is 6.26 Å². The third kappa shape index (κ3) is 1.25. The lowest BCUT2D eigenvalue weighted by Gasteiger charge is -1.81. The second kappa shape index (κ2) is 2.26. The molecule has 0 aromatic carbocycles. The van der Waals surface area contributed by atoms with Crippen molar-refractivity contribution in [1.29, 1.82) is 0 Å². The Labute approximate surface area is 50.9 Å². The van der Waals surface area contributed by atoms with Crippen LogP contribution >= 0.6 is 0 Å². The molecule has 0 aliphatic heterocycles. The molecule has 0 saturated heterocycles. The summed E-state index contributed by atoms with van der Waals surface area (Å²) in [5.41, 5.74) is -0.0739. The van der Waals surface area contributed by atoms with Crippen molar-refractivity contribution in [3.05, 3.63) is 34.4 Å². The van der Waals surface area contributed by atoms with Crippen LogP contribution in [0.2, 0.25) is 0 Å². The summed E-state index contributed by atoms with van der Waals surface area (Å²) in [5, 5.41) is 0. The lowest BCUT2D eigenvalue weighted by Crippen LogP contribution is -1.94. The van der Waals surface area contributed by atoms with Gasteiger partial charge in [0.25, 0.3) is 0 Å². The first-order valence-electron chi connectivity index (χ1n) is 2.37. The summed E-state index contributed by atoms with van der Waals surface area (Å²) in [4.78, 5) is 20.2. The van der Waals surface area contributed by atoms with Crippen molar-refractivity contribution in [2.75, 3.05) is 0 Å². The minimum Gasteiger partial charge on any atom is -0.431 e. The molecule has 3 heteroatoms. The number of rotatable bonds is 1. The van der Waals surface area contributed by atoms with Crippen molar-refractivity contribution in [3.8, 4) is 0 Å². The smallest absolute Gasteiger partial charge is 0.335 e. The van der Waals surface area contributed by atoms with Crippen LogP contribution in [-0.4, -0.2) is 6.29 Å². The summed E-state index contributed by atoms with van der Waals surface area (Å²) in [6.07, 6.45) is 1.73. The van der Waals surface area contributed by atoms with E-state index >= 15 is 0 Å². The van der Waals surface area contributed by atoms with E-state index in [2.05, 4.69) is 4.42 Å². The van der Waals surface area contributed by atoms with E-state index in [1.165, 1.54) is 12.1 Å². The molecule has 0 saturated carbocycles. The first-order chi connectivity index (χ1) is 4.33. The summed E-state index contributed by atoms with van der Waals surface area (Å²) in [7, 11) is 0. The standard InChI is InChI=1S/C6H4O3/c7-3-5-1-2-6(8)9-4-5/h1-4H. The van der Waals surface area contributed by atoms with Crippen LogP contribution in [0.25, 0.3) is 0 Å². The topological polar surface area (TPSA) is 47.3 Å². The highest BCUT2D eigenvalue weighted by Gasteiger charge is 1.87. The van der Waals surface area contributed by atoms with Gasteiger partial charge in [0.2, 0.25) is 0 Å². The molecule has 1 rings (SSSR count). The molecule has 9 heavy (non-hydrogen) atoms. The van der Waals surface area contributed by atoms with E-state index in [1.807, 2.05) is 0 Å². The Morgan fingerprint density at radius 2 is 2.22 bits per heavy atom. The highest BCUT2D eigenvalue weighted by Crippen LogP contribution is 1.87. The highest BCUT2D eigenvalue weighted by atomic mass is 16.4. The lowest BCUT2D eigenvalue weighted by molar-refractivity contribution is 0.112. The van der Waals surface area contributed by atoms with Crippen LogP contribution in [0.5, 0.6) is 0 Å². The van der Waals surface area contributed by atoms with Crippen molar-refractivity contribution < 1.29 is 9.21 Å². The van der Waals surface area contributed by atoms with Crippen molar-refractivity contribution in [1.82, 2.24) is 0 Å². The predicted molar refractivity (Wildman–Crippen MR) is 30.4 cm³/mol. The lowest BCUT2D eigenvalue weighted by atomic mass is 10.3. The first-order valence-corrected chi connectivity index (χ1v) is 2.37. The molecule has 1 aromatic heterocycles. The van der Waals surface area contributed by atoms with Gasteiger partial charge in [0.15, 0.2) is 6.29 Å². The fourth-order valence-electron chi connectivity index (χ4n) is 0.436. The maximum Gasteiger partial charge on any atom is 0.335 e. The van der Waals surface area contributed by atoms with Gasteiger partial charge in [-0.15, -0.1) is 0 Å². The van der Waals surface area contributed by atoms with Crippen LogP contribution in [-0.2, 0) is 0 Å². The van der Waals surface area contributed by atoms with E-state index in [4.69, 9.17) is 0 Å². The molecule has 0 bridgehead atoms. The Hall–Kier alpha value is -1.38.